The molecule has 1 N–H and O–H groups in total. The quantitative estimate of drug-likeness (QED) is 0.883. The van der Waals surface area contributed by atoms with Gasteiger partial charge >= 0.3 is 0 Å². The predicted molar refractivity (Wildman–Crippen MR) is 84.3 cm³/mol. The average molecular weight is 292 g/mol. The van der Waals surface area contributed by atoms with E-state index in [-0.39, 0.29) is 0 Å². The second-order valence-corrected chi connectivity index (χ2v) is 5.84. The fraction of sp³-hybridized carbons (Fsp3) is 0.438. The van der Waals surface area contributed by atoms with Gasteiger partial charge in [-0.2, -0.15) is 5.10 Å². The summed E-state index contributed by atoms with van der Waals surface area (Å²) in [7, 11) is 2.00. The summed E-state index contributed by atoms with van der Waals surface area (Å²) in [5.41, 5.74) is 2.42. The Balaban J connectivity index is 1.99. The van der Waals surface area contributed by atoms with Crippen molar-refractivity contribution in [1.82, 2.24) is 15.1 Å². The summed E-state index contributed by atoms with van der Waals surface area (Å²) in [6.45, 7) is 4.28. The van der Waals surface area contributed by atoms with E-state index in [1.807, 2.05) is 23.9 Å². The lowest BCUT2D eigenvalue weighted by Crippen LogP contribution is -2.30. The molecule has 0 fully saturated rings. The van der Waals surface area contributed by atoms with Gasteiger partial charge in [0.05, 0.1) is 5.69 Å². The van der Waals surface area contributed by atoms with Crippen molar-refractivity contribution in [2.24, 2.45) is 0 Å². The van der Waals surface area contributed by atoms with Gasteiger partial charge in [-0.15, -0.1) is 0 Å². The highest BCUT2D eigenvalue weighted by Crippen LogP contribution is 2.13. The highest BCUT2D eigenvalue weighted by atomic mass is 35.5. The molecule has 1 atom stereocenters. The van der Waals surface area contributed by atoms with E-state index in [0.29, 0.717) is 12.1 Å². The van der Waals surface area contributed by atoms with Gasteiger partial charge in [-0.05, 0) is 51.1 Å². The van der Waals surface area contributed by atoms with Crippen LogP contribution in [-0.2, 0) is 12.8 Å². The summed E-state index contributed by atoms with van der Waals surface area (Å²) in [4.78, 5) is 0. The lowest BCUT2D eigenvalue weighted by Gasteiger charge is -2.15. The van der Waals surface area contributed by atoms with E-state index >= 15 is 0 Å². The van der Waals surface area contributed by atoms with Gasteiger partial charge < -0.3 is 5.32 Å². The summed E-state index contributed by atoms with van der Waals surface area (Å²) in [6.07, 6.45) is 3.95. The van der Waals surface area contributed by atoms with Crippen molar-refractivity contribution in [2.45, 2.75) is 38.8 Å². The van der Waals surface area contributed by atoms with E-state index < -0.39 is 0 Å². The highest BCUT2D eigenvalue weighted by Gasteiger charge is 2.11. The molecule has 1 heterocycles. The fourth-order valence-corrected chi connectivity index (χ4v) is 2.33. The van der Waals surface area contributed by atoms with E-state index in [1.165, 1.54) is 5.56 Å². The van der Waals surface area contributed by atoms with Crippen molar-refractivity contribution in [2.75, 3.05) is 7.05 Å². The number of likely N-dealkylation sites (N-methyl/N-ethyl adjacent to an activating group) is 1. The first-order valence-electron chi connectivity index (χ1n) is 7.04. The molecule has 1 aromatic carbocycles. The highest BCUT2D eigenvalue weighted by molar-refractivity contribution is 6.30. The van der Waals surface area contributed by atoms with Gasteiger partial charge in [-0.25, -0.2) is 0 Å². The second kappa shape index (κ2) is 6.91. The third-order valence-electron chi connectivity index (χ3n) is 3.45. The van der Waals surface area contributed by atoms with Crippen LogP contribution in [0.3, 0.4) is 0 Å². The second-order valence-electron chi connectivity index (χ2n) is 5.40. The maximum absolute atomic E-state index is 5.92. The normalized spacial score (nSPS) is 12.8. The van der Waals surface area contributed by atoms with Crippen LogP contribution in [0.1, 0.15) is 31.1 Å². The number of hydrogen-bond acceptors (Lipinski definition) is 2. The van der Waals surface area contributed by atoms with Crippen LogP contribution >= 0.6 is 11.6 Å². The molecular formula is C16H22ClN3. The van der Waals surface area contributed by atoms with Crippen molar-refractivity contribution >= 4 is 11.6 Å². The van der Waals surface area contributed by atoms with Crippen molar-refractivity contribution in [3.8, 4) is 0 Å². The molecule has 0 saturated heterocycles. The molecule has 2 rings (SSSR count). The molecule has 0 saturated carbocycles. The van der Waals surface area contributed by atoms with Gasteiger partial charge in [-0.1, -0.05) is 23.7 Å². The molecule has 1 unspecified atom stereocenters. The first-order chi connectivity index (χ1) is 9.58. The van der Waals surface area contributed by atoms with Crippen molar-refractivity contribution in [1.29, 1.82) is 0 Å². The van der Waals surface area contributed by atoms with E-state index in [2.05, 4.69) is 48.7 Å². The number of hydrogen-bond donors (Lipinski definition) is 1. The third kappa shape index (κ3) is 4.09. The van der Waals surface area contributed by atoms with Gasteiger partial charge in [0.15, 0.2) is 0 Å². The number of benzene rings is 1. The number of nitrogens with one attached hydrogen (secondary N) is 1. The first-order valence-corrected chi connectivity index (χ1v) is 7.42. The summed E-state index contributed by atoms with van der Waals surface area (Å²) < 4.78 is 2.00. The largest absolute Gasteiger partial charge is 0.316 e. The number of aromatic nitrogens is 2. The molecule has 0 spiro atoms. The van der Waals surface area contributed by atoms with Crippen LogP contribution < -0.4 is 5.32 Å². The molecule has 20 heavy (non-hydrogen) atoms. The molecule has 0 aliphatic rings. The monoisotopic (exact) mass is 291 g/mol. The summed E-state index contributed by atoms with van der Waals surface area (Å²) in [6, 6.07) is 10.9. The lowest BCUT2D eigenvalue weighted by molar-refractivity contribution is 0.508. The Hall–Kier alpha value is -1.32. The lowest BCUT2D eigenvalue weighted by atomic mass is 10.0. The van der Waals surface area contributed by atoms with Crippen LogP contribution in [0.15, 0.2) is 36.5 Å². The molecule has 0 radical (unpaired) electrons. The third-order valence-corrected chi connectivity index (χ3v) is 3.70. The predicted octanol–water partition coefficient (Wildman–Crippen LogP) is 3.49. The van der Waals surface area contributed by atoms with Crippen molar-refractivity contribution in [3.63, 3.8) is 0 Å². The van der Waals surface area contributed by atoms with Gasteiger partial charge in [0, 0.05) is 29.7 Å². The molecule has 0 bridgehead atoms. The zero-order valence-electron chi connectivity index (χ0n) is 12.3. The van der Waals surface area contributed by atoms with Gasteiger partial charge in [0.2, 0.25) is 0 Å². The molecule has 4 heteroatoms. The summed E-state index contributed by atoms with van der Waals surface area (Å²) >= 11 is 5.92. The standard InChI is InChI=1S/C16H22ClN3/c1-12(2)20-9-8-15(19-20)11-16(18-3)10-13-4-6-14(17)7-5-13/h4-9,12,16,18H,10-11H2,1-3H3. The zero-order valence-corrected chi connectivity index (χ0v) is 13.1. The number of rotatable bonds is 6. The maximum atomic E-state index is 5.92. The molecule has 0 aliphatic carbocycles. The van der Waals surface area contributed by atoms with E-state index in [1.54, 1.807) is 0 Å². The Kier molecular flexibility index (Phi) is 5.21. The summed E-state index contributed by atoms with van der Waals surface area (Å²) in [5, 5.41) is 8.76. The Morgan fingerprint density at radius 1 is 1.15 bits per heavy atom. The smallest absolute Gasteiger partial charge is 0.0640 e. The zero-order chi connectivity index (χ0) is 14.5. The maximum Gasteiger partial charge on any atom is 0.0640 e. The molecule has 0 aliphatic heterocycles. The molecule has 2 aromatic rings. The van der Waals surface area contributed by atoms with Crippen LogP contribution in [0, 0.1) is 0 Å². The van der Waals surface area contributed by atoms with Crippen LogP contribution in [-0.4, -0.2) is 22.9 Å². The minimum Gasteiger partial charge on any atom is -0.316 e. The van der Waals surface area contributed by atoms with E-state index in [0.717, 1.165) is 23.6 Å². The van der Waals surface area contributed by atoms with Crippen molar-refractivity contribution in [3.05, 3.63) is 52.8 Å². The minimum absolute atomic E-state index is 0.381. The number of halogens is 1. The summed E-state index contributed by atoms with van der Waals surface area (Å²) in [5.74, 6) is 0. The van der Waals surface area contributed by atoms with Crippen molar-refractivity contribution < 1.29 is 0 Å². The molecule has 0 amide bonds. The SMILES string of the molecule is CNC(Cc1ccc(Cl)cc1)Cc1ccn(C(C)C)n1. The molecule has 1 aromatic heterocycles. The Morgan fingerprint density at radius 3 is 2.40 bits per heavy atom. The van der Waals surface area contributed by atoms with Crippen LogP contribution in [0.25, 0.3) is 0 Å². The Labute approximate surface area is 126 Å². The van der Waals surface area contributed by atoms with E-state index in [4.69, 9.17) is 11.6 Å². The van der Waals surface area contributed by atoms with Gasteiger partial charge in [0.25, 0.3) is 0 Å². The molecule has 3 nitrogen and oxygen atoms in total. The minimum atomic E-state index is 0.381. The van der Waals surface area contributed by atoms with Gasteiger partial charge in [0.1, 0.15) is 0 Å². The van der Waals surface area contributed by atoms with Gasteiger partial charge in [-0.3, -0.25) is 4.68 Å². The Morgan fingerprint density at radius 2 is 1.85 bits per heavy atom. The van der Waals surface area contributed by atoms with Crippen LogP contribution in [0.5, 0.6) is 0 Å². The average Bonchev–Trinajstić information content (AvgIpc) is 2.89. The number of nitrogens with zero attached hydrogens (tertiary/aromatic N) is 2. The molecular weight excluding hydrogens is 270 g/mol. The fourth-order valence-electron chi connectivity index (χ4n) is 2.21. The molecule has 108 valence electrons. The first kappa shape index (κ1) is 15.1. The Bertz CT molecular complexity index is 531. The van der Waals surface area contributed by atoms with Crippen LogP contribution in [0.2, 0.25) is 5.02 Å². The topological polar surface area (TPSA) is 29.9 Å². The van der Waals surface area contributed by atoms with E-state index in [9.17, 15) is 0 Å². The van der Waals surface area contributed by atoms with Crippen LogP contribution in [0.4, 0.5) is 0 Å².